The van der Waals surface area contributed by atoms with Crippen LogP contribution < -0.4 is 5.73 Å². The molecule has 2 rings (SSSR count). The van der Waals surface area contributed by atoms with Crippen molar-refractivity contribution in [1.82, 2.24) is 0 Å². The average molecular weight is 278 g/mol. The van der Waals surface area contributed by atoms with Crippen LogP contribution in [0.5, 0.6) is 0 Å². The third-order valence-electron chi connectivity index (χ3n) is 2.82. The lowest BCUT2D eigenvalue weighted by atomic mass is 10.0. The van der Waals surface area contributed by atoms with Crippen LogP contribution in [0, 0.1) is 5.82 Å². The number of benzene rings is 2. The maximum atomic E-state index is 13.6. The quantitative estimate of drug-likeness (QED) is 0.681. The molecule has 0 spiro atoms. The lowest BCUT2D eigenvalue weighted by Crippen LogP contribution is -2.04. The van der Waals surface area contributed by atoms with E-state index in [2.05, 4.69) is 0 Å². The Kier molecular flexibility index (Phi) is 4.17. The summed E-state index contributed by atoms with van der Waals surface area (Å²) in [5, 5.41) is 0.282. The number of Topliss-reactive ketones (excluding diaryl/α,β-unsaturated/α-hetero) is 1. The highest BCUT2D eigenvalue weighted by molar-refractivity contribution is 6.30. The van der Waals surface area contributed by atoms with E-state index in [1.807, 2.05) is 18.2 Å². The van der Waals surface area contributed by atoms with Gasteiger partial charge in [-0.2, -0.15) is 0 Å². The molecule has 0 radical (unpaired) electrons. The van der Waals surface area contributed by atoms with Crippen LogP contribution in [0.1, 0.15) is 22.3 Å². The zero-order valence-corrected chi connectivity index (χ0v) is 11.0. The first-order valence-corrected chi connectivity index (χ1v) is 6.27. The van der Waals surface area contributed by atoms with Crippen LogP contribution in [-0.4, -0.2) is 5.78 Å². The summed E-state index contributed by atoms with van der Waals surface area (Å²) in [5.74, 6) is -0.818. The molecule has 0 saturated heterocycles. The normalized spacial score (nSPS) is 10.4. The van der Waals surface area contributed by atoms with Gasteiger partial charge in [-0.1, -0.05) is 23.7 Å². The van der Waals surface area contributed by atoms with Gasteiger partial charge >= 0.3 is 0 Å². The molecule has 19 heavy (non-hydrogen) atoms. The van der Waals surface area contributed by atoms with Crippen molar-refractivity contribution >= 4 is 23.1 Å². The molecule has 0 saturated carbocycles. The first-order chi connectivity index (χ1) is 9.06. The number of ketones is 1. The molecule has 4 heteroatoms. The van der Waals surface area contributed by atoms with Crippen molar-refractivity contribution in [3.05, 3.63) is 64.4 Å². The minimum Gasteiger partial charge on any atom is -0.399 e. The molecule has 2 aromatic carbocycles. The predicted octanol–water partition coefficient (Wildman–Crippen LogP) is 3.88. The van der Waals surface area contributed by atoms with E-state index >= 15 is 0 Å². The second-order valence-corrected chi connectivity index (χ2v) is 4.73. The third kappa shape index (κ3) is 3.55. The molecule has 2 aromatic rings. The van der Waals surface area contributed by atoms with E-state index in [0.717, 1.165) is 11.6 Å². The van der Waals surface area contributed by atoms with Gasteiger partial charge in [-0.15, -0.1) is 0 Å². The maximum absolute atomic E-state index is 13.6. The lowest BCUT2D eigenvalue weighted by molar-refractivity contribution is 0.0979. The SMILES string of the molecule is Nc1cccc(CCC(=O)c2ccc(Cl)cc2F)c1. The van der Waals surface area contributed by atoms with Gasteiger partial charge in [0.1, 0.15) is 5.82 Å². The predicted molar refractivity (Wildman–Crippen MR) is 74.9 cm³/mol. The van der Waals surface area contributed by atoms with Crippen molar-refractivity contribution < 1.29 is 9.18 Å². The summed E-state index contributed by atoms with van der Waals surface area (Å²) in [6, 6.07) is 11.4. The fourth-order valence-corrected chi connectivity index (χ4v) is 2.02. The van der Waals surface area contributed by atoms with Gasteiger partial charge in [-0.3, -0.25) is 4.79 Å². The molecule has 0 aromatic heterocycles. The number of rotatable bonds is 4. The zero-order chi connectivity index (χ0) is 13.8. The average Bonchev–Trinajstić information content (AvgIpc) is 2.36. The molecule has 2 N–H and O–H groups in total. The number of nitrogens with two attached hydrogens (primary N) is 1. The smallest absolute Gasteiger partial charge is 0.166 e. The summed E-state index contributed by atoms with van der Waals surface area (Å²) in [5.41, 5.74) is 7.35. The van der Waals surface area contributed by atoms with Gasteiger partial charge in [-0.05, 0) is 42.3 Å². The van der Waals surface area contributed by atoms with E-state index in [9.17, 15) is 9.18 Å². The number of aryl methyl sites for hydroxylation is 1. The summed E-state index contributed by atoms with van der Waals surface area (Å²) >= 11 is 5.65. The molecule has 0 unspecified atom stereocenters. The van der Waals surface area contributed by atoms with E-state index in [4.69, 9.17) is 17.3 Å². The fourth-order valence-electron chi connectivity index (χ4n) is 1.86. The molecule has 2 nitrogen and oxygen atoms in total. The Bertz CT molecular complexity index is 613. The van der Waals surface area contributed by atoms with Gasteiger partial charge in [0, 0.05) is 17.1 Å². The van der Waals surface area contributed by atoms with E-state index in [1.54, 1.807) is 6.07 Å². The Balaban J connectivity index is 2.05. The van der Waals surface area contributed by atoms with Crippen molar-refractivity contribution in [3.8, 4) is 0 Å². The van der Waals surface area contributed by atoms with Crippen LogP contribution in [-0.2, 0) is 6.42 Å². The van der Waals surface area contributed by atoms with Gasteiger partial charge in [0.2, 0.25) is 0 Å². The number of anilines is 1. The van der Waals surface area contributed by atoms with Crippen LogP contribution >= 0.6 is 11.6 Å². The van der Waals surface area contributed by atoms with Crippen molar-refractivity contribution in [1.29, 1.82) is 0 Å². The van der Waals surface area contributed by atoms with Crippen LogP contribution in [0.25, 0.3) is 0 Å². The topological polar surface area (TPSA) is 43.1 Å². The van der Waals surface area contributed by atoms with Gasteiger partial charge in [0.15, 0.2) is 5.78 Å². The summed E-state index contributed by atoms with van der Waals surface area (Å²) < 4.78 is 13.6. The summed E-state index contributed by atoms with van der Waals surface area (Å²) in [7, 11) is 0. The molecule has 0 amide bonds. The number of hydrogen-bond acceptors (Lipinski definition) is 2. The van der Waals surface area contributed by atoms with Crippen LogP contribution in [0.2, 0.25) is 5.02 Å². The highest BCUT2D eigenvalue weighted by atomic mass is 35.5. The molecule has 0 atom stereocenters. The van der Waals surface area contributed by atoms with Crippen molar-refractivity contribution in [2.75, 3.05) is 5.73 Å². The Morgan fingerprint density at radius 2 is 2.00 bits per heavy atom. The summed E-state index contributed by atoms with van der Waals surface area (Å²) in [4.78, 5) is 11.9. The van der Waals surface area contributed by atoms with Crippen LogP contribution in [0.15, 0.2) is 42.5 Å². The molecule has 0 aliphatic rings. The van der Waals surface area contributed by atoms with E-state index in [1.165, 1.54) is 12.1 Å². The first kappa shape index (κ1) is 13.6. The standard InChI is InChI=1S/C15H13ClFNO/c16-11-5-6-13(14(17)9-11)15(19)7-4-10-2-1-3-12(18)8-10/h1-3,5-6,8-9H,4,7,18H2. The molecule has 0 fully saturated rings. The maximum Gasteiger partial charge on any atom is 0.166 e. The van der Waals surface area contributed by atoms with E-state index in [-0.39, 0.29) is 22.8 Å². The lowest BCUT2D eigenvalue weighted by Gasteiger charge is -2.04. The van der Waals surface area contributed by atoms with Crippen molar-refractivity contribution in [2.24, 2.45) is 0 Å². The minimum absolute atomic E-state index is 0.0771. The molecule has 0 heterocycles. The number of carbonyl (C=O) groups is 1. The molecule has 0 bridgehead atoms. The third-order valence-corrected chi connectivity index (χ3v) is 3.06. The fraction of sp³-hybridized carbons (Fsp3) is 0.133. The largest absolute Gasteiger partial charge is 0.399 e. The van der Waals surface area contributed by atoms with Crippen LogP contribution in [0.4, 0.5) is 10.1 Å². The monoisotopic (exact) mass is 277 g/mol. The number of halogens is 2. The van der Waals surface area contributed by atoms with Crippen LogP contribution in [0.3, 0.4) is 0 Å². The molecule has 0 aliphatic carbocycles. The second-order valence-electron chi connectivity index (χ2n) is 4.29. The Morgan fingerprint density at radius 1 is 1.21 bits per heavy atom. The highest BCUT2D eigenvalue weighted by Crippen LogP contribution is 2.17. The highest BCUT2D eigenvalue weighted by Gasteiger charge is 2.12. The van der Waals surface area contributed by atoms with Crippen molar-refractivity contribution in [3.63, 3.8) is 0 Å². The zero-order valence-electron chi connectivity index (χ0n) is 10.2. The minimum atomic E-state index is -0.579. The Morgan fingerprint density at radius 3 is 2.68 bits per heavy atom. The molecular formula is C15H13ClFNO. The van der Waals surface area contributed by atoms with Gasteiger partial charge in [0.25, 0.3) is 0 Å². The first-order valence-electron chi connectivity index (χ1n) is 5.89. The molecule has 0 aliphatic heterocycles. The number of carbonyl (C=O) groups excluding carboxylic acids is 1. The molecule has 98 valence electrons. The molecular weight excluding hydrogens is 265 g/mol. The Hall–Kier alpha value is -1.87. The van der Waals surface area contributed by atoms with E-state index < -0.39 is 5.82 Å². The van der Waals surface area contributed by atoms with Gasteiger partial charge in [-0.25, -0.2) is 4.39 Å². The Labute approximate surface area is 116 Å². The van der Waals surface area contributed by atoms with Gasteiger partial charge in [0.05, 0.1) is 5.56 Å². The number of nitrogen functional groups attached to an aromatic ring is 1. The van der Waals surface area contributed by atoms with E-state index in [0.29, 0.717) is 12.1 Å². The summed E-state index contributed by atoms with van der Waals surface area (Å²) in [6.07, 6.45) is 0.772. The summed E-state index contributed by atoms with van der Waals surface area (Å²) in [6.45, 7) is 0. The van der Waals surface area contributed by atoms with Crippen molar-refractivity contribution in [2.45, 2.75) is 12.8 Å². The second kappa shape index (κ2) is 5.85. The number of hydrogen-bond donors (Lipinski definition) is 1. The van der Waals surface area contributed by atoms with Gasteiger partial charge < -0.3 is 5.73 Å².